The van der Waals surface area contributed by atoms with Crippen molar-refractivity contribution in [2.45, 2.75) is 17.6 Å². The van der Waals surface area contributed by atoms with Gasteiger partial charge in [0.05, 0.1) is 10.8 Å². The van der Waals surface area contributed by atoms with E-state index in [9.17, 15) is 9.59 Å². The predicted octanol–water partition coefficient (Wildman–Crippen LogP) is 5.33. The molecule has 2 amide bonds. The van der Waals surface area contributed by atoms with Crippen LogP contribution < -0.4 is 10.2 Å². The number of hydrogen-bond donors (Lipinski definition) is 1. The largest absolute Gasteiger partial charge is 0.350 e. The van der Waals surface area contributed by atoms with E-state index < -0.39 is 6.04 Å². The second kappa shape index (κ2) is 8.96. The summed E-state index contributed by atoms with van der Waals surface area (Å²) < 4.78 is 2.07. The highest BCUT2D eigenvalue weighted by atomic mass is 35.5. The highest BCUT2D eigenvalue weighted by molar-refractivity contribution is 8.00. The number of benzene rings is 3. The number of rotatable bonds is 4. The lowest BCUT2D eigenvalue weighted by Crippen LogP contribution is -2.43. The molecular weight excluding hydrogens is 454 g/mol. The molecule has 0 fully saturated rings. The van der Waals surface area contributed by atoms with Gasteiger partial charge < -0.3 is 9.88 Å². The average Bonchev–Trinajstić information content (AvgIpc) is 3.00. The number of aryl methyl sites for hydroxylation is 1. The molecule has 0 aliphatic carbocycles. The number of halogens is 1. The van der Waals surface area contributed by atoms with Crippen LogP contribution in [0.2, 0.25) is 5.02 Å². The summed E-state index contributed by atoms with van der Waals surface area (Å²) in [6.45, 7) is 0.376. The molecule has 5 nitrogen and oxygen atoms in total. The molecule has 0 unspecified atom stereocenters. The highest BCUT2D eigenvalue weighted by Gasteiger charge is 2.39. The van der Waals surface area contributed by atoms with Crippen LogP contribution in [-0.4, -0.2) is 22.1 Å². The van der Waals surface area contributed by atoms with Crippen molar-refractivity contribution in [2.75, 3.05) is 10.7 Å². The Hall–Kier alpha value is -3.22. The number of thioether (sulfide) groups is 1. The molecule has 1 atom stereocenters. The number of aromatic nitrogens is 1. The van der Waals surface area contributed by atoms with Crippen molar-refractivity contribution >= 4 is 51.8 Å². The Labute approximate surface area is 201 Å². The molecule has 1 N–H and O–H groups in total. The molecule has 0 saturated heterocycles. The molecule has 1 aromatic heterocycles. The summed E-state index contributed by atoms with van der Waals surface area (Å²) in [6, 6.07) is 24.0. The molecule has 5 rings (SSSR count). The zero-order valence-corrected chi connectivity index (χ0v) is 19.6. The number of nitrogens with zero attached hydrogens (tertiary/aromatic N) is 2. The third-order valence-electron chi connectivity index (χ3n) is 5.87. The Kier molecular flexibility index (Phi) is 5.87. The molecule has 33 heavy (non-hydrogen) atoms. The van der Waals surface area contributed by atoms with Gasteiger partial charge in [-0.15, -0.1) is 0 Å². The van der Waals surface area contributed by atoms with E-state index in [-0.39, 0.29) is 17.6 Å². The first-order chi connectivity index (χ1) is 16.0. The highest BCUT2D eigenvalue weighted by Crippen LogP contribution is 2.43. The molecule has 0 radical (unpaired) electrons. The molecule has 3 aromatic carbocycles. The third kappa shape index (κ3) is 4.01. The van der Waals surface area contributed by atoms with Gasteiger partial charge in [-0.25, -0.2) is 0 Å². The number of hydrogen-bond acceptors (Lipinski definition) is 3. The van der Waals surface area contributed by atoms with Crippen molar-refractivity contribution in [2.24, 2.45) is 7.05 Å². The fraction of sp³-hybridized carbons (Fsp3) is 0.154. The second-order valence-corrected chi connectivity index (χ2v) is 9.33. The number of nitrogens with one attached hydrogen (secondary N) is 1. The summed E-state index contributed by atoms with van der Waals surface area (Å²) in [5, 5.41) is 5.46. The van der Waals surface area contributed by atoms with Gasteiger partial charge in [0.25, 0.3) is 0 Å². The van der Waals surface area contributed by atoms with E-state index in [4.69, 9.17) is 11.6 Å². The number of para-hydroxylation sites is 1. The van der Waals surface area contributed by atoms with E-state index in [0.717, 1.165) is 27.1 Å². The fourth-order valence-electron chi connectivity index (χ4n) is 4.36. The van der Waals surface area contributed by atoms with E-state index in [2.05, 4.69) is 9.88 Å². The minimum Gasteiger partial charge on any atom is -0.350 e. The zero-order chi connectivity index (χ0) is 22.9. The summed E-state index contributed by atoms with van der Waals surface area (Å²) in [7, 11) is 1.98. The van der Waals surface area contributed by atoms with E-state index in [1.165, 1.54) is 11.8 Å². The summed E-state index contributed by atoms with van der Waals surface area (Å²) >= 11 is 7.74. The Morgan fingerprint density at radius 1 is 1.06 bits per heavy atom. The van der Waals surface area contributed by atoms with Crippen LogP contribution in [0.15, 0.2) is 83.9 Å². The van der Waals surface area contributed by atoms with Crippen molar-refractivity contribution in [1.82, 2.24) is 9.88 Å². The van der Waals surface area contributed by atoms with Crippen molar-refractivity contribution in [3.05, 3.63) is 95.0 Å². The van der Waals surface area contributed by atoms with Gasteiger partial charge in [-0.2, -0.15) is 0 Å². The number of carbonyl (C=O) groups excluding carboxylic acids is 2. The molecule has 0 bridgehead atoms. The molecular formula is C26H22ClN3O2S. The molecule has 166 valence electrons. The van der Waals surface area contributed by atoms with Crippen LogP contribution in [-0.2, 0) is 23.2 Å². The van der Waals surface area contributed by atoms with Crippen LogP contribution in [0.3, 0.4) is 0 Å². The van der Waals surface area contributed by atoms with Gasteiger partial charge in [0, 0.05) is 40.8 Å². The van der Waals surface area contributed by atoms with Crippen LogP contribution in [0.25, 0.3) is 10.9 Å². The van der Waals surface area contributed by atoms with Crippen molar-refractivity contribution in [3.63, 3.8) is 0 Å². The smallest absolute Gasteiger partial charge is 0.248 e. The third-order valence-corrected chi connectivity index (χ3v) is 7.26. The summed E-state index contributed by atoms with van der Waals surface area (Å²) in [5.74, 6) is -0.138. The Balaban J connectivity index is 1.66. The van der Waals surface area contributed by atoms with Crippen molar-refractivity contribution in [3.8, 4) is 0 Å². The van der Waals surface area contributed by atoms with E-state index in [1.54, 1.807) is 23.1 Å². The van der Waals surface area contributed by atoms with Crippen LogP contribution >= 0.6 is 23.4 Å². The number of carbonyl (C=O) groups is 2. The average molecular weight is 476 g/mol. The minimum atomic E-state index is -0.823. The standard InChI is InChI=1S/C26H22ClN3O2S/c1-29-21-13-6-5-12-20(21)23-24(25(32)28-15-17-8-3-2-4-9-17)30(22(31)16-33-26(23)29)19-11-7-10-18(27)14-19/h2-14,24H,15-16H2,1H3,(H,28,32)/t24-/m1/s1. The van der Waals surface area contributed by atoms with Gasteiger partial charge in [-0.1, -0.05) is 78.0 Å². The molecule has 4 aromatic rings. The van der Waals surface area contributed by atoms with E-state index in [1.807, 2.05) is 67.7 Å². The predicted molar refractivity (Wildman–Crippen MR) is 134 cm³/mol. The zero-order valence-electron chi connectivity index (χ0n) is 18.0. The van der Waals surface area contributed by atoms with Crippen LogP contribution in [0, 0.1) is 0 Å². The second-order valence-electron chi connectivity index (χ2n) is 7.93. The number of anilines is 1. The van der Waals surface area contributed by atoms with Gasteiger partial charge >= 0.3 is 0 Å². The Morgan fingerprint density at radius 3 is 2.61 bits per heavy atom. The summed E-state index contributed by atoms with van der Waals surface area (Å²) in [4.78, 5) is 28.8. The summed E-state index contributed by atoms with van der Waals surface area (Å²) in [5.41, 5.74) is 3.46. The number of fused-ring (bicyclic) bond motifs is 3. The van der Waals surface area contributed by atoms with Crippen LogP contribution in [0.1, 0.15) is 17.2 Å². The first-order valence-corrected chi connectivity index (χ1v) is 12.0. The maximum atomic E-state index is 13.8. The van der Waals surface area contributed by atoms with Gasteiger partial charge in [0.2, 0.25) is 11.8 Å². The molecule has 1 aliphatic heterocycles. The van der Waals surface area contributed by atoms with Crippen LogP contribution in [0.5, 0.6) is 0 Å². The Morgan fingerprint density at radius 2 is 1.82 bits per heavy atom. The molecule has 2 heterocycles. The Bertz CT molecular complexity index is 1350. The number of amides is 2. The lowest BCUT2D eigenvalue weighted by atomic mass is 10.0. The maximum Gasteiger partial charge on any atom is 0.248 e. The van der Waals surface area contributed by atoms with E-state index >= 15 is 0 Å². The van der Waals surface area contributed by atoms with Crippen molar-refractivity contribution in [1.29, 1.82) is 0 Å². The molecule has 0 saturated carbocycles. The maximum absolute atomic E-state index is 13.8. The minimum absolute atomic E-state index is 0.137. The molecule has 7 heteroatoms. The lowest BCUT2D eigenvalue weighted by molar-refractivity contribution is -0.125. The molecule has 0 spiro atoms. The fourth-order valence-corrected chi connectivity index (χ4v) is 5.61. The quantitative estimate of drug-likeness (QED) is 0.434. The first kappa shape index (κ1) is 21.6. The topological polar surface area (TPSA) is 54.3 Å². The summed E-state index contributed by atoms with van der Waals surface area (Å²) in [6.07, 6.45) is 0. The van der Waals surface area contributed by atoms with Gasteiger partial charge in [-0.05, 0) is 29.8 Å². The van der Waals surface area contributed by atoms with Crippen LogP contribution in [0.4, 0.5) is 5.69 Å². The van der Waals surface area contributed by atoms with Gasteiger partial charge in [0.15, 0.2) is 0 Å². The van der Waals surface area contributed by atoms with Crippen molar-refractivity contribution < 1.29 is 9.59 Å². The monoisotopic (exact) mass is 475 g/mol. The van der Waals surface area contributed by atoms with Gasteiger partial charge in [-0.3, -0.25) is 14.5 Å². The lowest BCUT2D eigenvalue weighted by Gasteiger charge is -2.30. The SMILES string of the molecule is Cn1c2c(c3ccccc31)[C@H](C(=O)NCc1ccccc1)N(c1cccc(Cl)c1)C(=O)CS2. The van der Waals surface area contributed by atoms with Gasteiger partial charge in [0.1, 0.15) is 6.04 Å². The normalized spacial score (nSPS) is 15.9. The van der Waals surface area contributed by atoms with E-state index in [0.29, 0.717) is 17.3 Å². The molecule has 1 aliphatic rings. The first-order valence-electron chi connectivity index (χ1n) is 10.6.